The summed E-state index contributed by atoms with van der Waals surface area (Å²) in [6.07, 6.45) is 7.69. The van der Waals surface area contributed by atoms with Gasteiger partial charge < -0.3 is 5.73 Å². The molecule has 0 aliphatic heterocycles. The van der Waals surface area contributed by atoms with Gasteiger partial charge in [0.15, 0.2) is 0 Å². The summed E-state index contributed by atoms with van der Waals surface area (Å²) in [6, 6.07) is 2.47. The fraction of sp³-hybridized carbons (Fsp3) is 0.800. The molecule has 2 N–H and O–H groups in total. The van der Waals surface area contributed by atoms with Crippen LogP contribution in [0.1, 0.15) is 50.4 Å². The topological polar surface area (TPSA) is 43.8 Å². The van der Waals surface area contributed by atoms with Gasteiger partial charge in [-0.25, -0.2) is 0 Å². The van der Waals surface area contributed by atoms with Crippen LogP contribution in [0.3, 0.4) is 0 Å². The van der Waals surface area contributed by atoms with Crippen LogP contribution in [0.2, 0.25) is 0 Å². The van der Waals surface area contributed by atoms with Gasteiger partial charge in [-0.1, -0.05) is 26.2 Å². The molecule has 0 spiro atoms. The first-order valence-corrected chi connectivity index (χ1v) is 7.35. The fourth-order valence-electron chi connectivity index (χ4n) is 3.29. The highest BCUT2D eigenvalue weighted by Crippen LogP contribution is 2.32. The average molecular weight is 249 g/mol. The molecule has 0 saturated heterocycles. The van der Waals surface area contributed by atoms with Crippen LogP contribution >= 0.6 is 0 Å². The van der Waals surface area contributed by atoms with Crippen molar-refractivity contribution < 1.29 is 0 Å². The van der Waals surface area contributed by atoms with Crippen LogP contribution in [0.25, 0.3) is 0 Å². The van der Waals surface area contributed by atoms with Crippen molar-refractivity contribution in [1.82, 2.24) is 9.78 Å². The first-order valence-electron chi connectivity index (χ1n) is 7.35. The van der Waals surface area contributed by atoms with Gasteiger partial charge >= 0.3 is 0 Å². The molecule has 1 aromatic heterocycles. The quantitative estimate of drug-likeness (QED) is 0.891. The van der Waals surface area contributed by atoms with E-state index in [1.54, 1.807) is 0 Å². The molecular weight excluding hydrogens is 222 g/mol. The summed E-state index contributed by atoms with van der Waals surface area (Å²) in [5.41, 5.74) is 8.77. The molecule has 1 aliphatic carbocycles. The Bertz CT molecular complexity index is 375. The van der Waals surface area contributed by atoms with Gasteiger partial charge in [0.05, 0.1) is 5.69 Å². The van der Waals surface area contributed by atoms with E-state index in [1.165, 1.54) is 37.8 Å². The molecule has 3 heteroatoms. The van der Waals surface area contributed by atoms with Crippen molar-refractivity contribution >= 4 is 0 Å². The summed E-state index contributed by atoms with van der Waals surface area (Å²) in [5.74, 6) is 1.66. The molecule has 102 valence electrons. The SMILES string of the molecule is CCC1CCC(C(N)Cc2cc(C)nn2C)CC1. The summed E-state index contributed by atoms with van der Waals surface area (Å²) in [5, 5.41) is 4.40. The van der Waals surface area contributed by atoms with Crippen LogP contribution in [-0.2, 0) is 13.5 Å². The van der Waals surface area contributed by atoms with Crippen LogP contribution in [0.5, 0.6) is 0 Å². The average Bonchev–Trinajstić information content (AvgIpc) is 2.68. The third kappa shape index (κ3) is 3.14. The monoisotopic (exact) mass is 249 g/mol. The van der Waals surface area contributed by atoms with Gasteiger partial charge in [-0.2, -0.15) is 5.10 Å². The van der Waals surface area contributed by atoms with E-state index in [0.717, 1.165) is 18.0 Å². The van der Waals surface area contributed by atoms with Crippen molar-refractivity contribution in [1.29, 1.82) is 0 Å². The van der Waals surface area contributed by atoms with Crippen molar-refractivity contribution in [3.63, 3.8) is 0 Å². The van der Waals surface area contributed by atoms with Gasteiger partial charge in [0.1, 0.15) is 0 Å². The summed E-state index contributed by atoms with van der Waals surface area (Å²) in [7, 11) is 2.02. The molecule has 0 amide bonds. The molecular formula is C15H27N3. The number of aryl methyl sites for hydroxylation is 2. The first-order chi connectivity index (χ1) is 8.60. The van der Waals surface area contributed by atoms with Gasteiger partial charge in [-0.15, -0.1) is 0 Å². The Labute approximate surface area is 111 Å². The molecule has 3 nitrogen and oxygen atoms in total. The van der Waals surface area contributed by atoms with Crippen molar-refractivity contribution in [2.45, 2.75) is 58.4 Å². The highest BCUT2D eigenvalue weighted by atomic mass is 15.3. The van der Waals surface area contributed by atoms with Crippen molar-refractivity contribution in [2.24, 2.45) is 24.6 Å². The Morgan fingerprint density at radius 3 is 2.56 bits per heavy atom. The third-order valence-corrected chi connectivity index (χ3v) is 4.62. The standard InChI is InChI=1S/C15H27N3/c1-4-12-5-7-13(8-6-12)15(16)10-14-9-11(2)17-18(14)3/h9,12-13,15H,4-8,10,16H2,1-3H3. The Morgan fingerprint density at radius 1 is 1.39 bits per heavy atom. The smallest absolute Gasteiger partial charge is 0.0596 e. The Balaban J connectivity index is 1.89. The van der Waals surface area contributed by atoms with Gasteiger partial charge in [0.25, 0.3) is 0 Å². The maximum absolute atomic E-state index is 6.40. The van der Waals surface area contributed by atoms with E-state index >= 15 is 0 Å². The van der Waals surface area contributed by atoms with Crippen LogP contribution in [-0.4, -0.2) is 15.8 Å². The third-order valence-electron chi connectivity index (χ3n) is 4.62. The lowest BCUT2D eigenvalue weighted by Gasteiger charge is -2.31. The summed E-state index contributed by atoms with van der Waals surface area (Å²) < 4.78 is 1.98. The molecule has 0 radical (unpaired) electrons. The lowest BCUT2D eigenvalue weighted by molar-refractivity contribution is 0.236. The second-order valence-electron chi connectivity index (χ2n) is 5.96. The summed E-state index contributed by atoms with van der Waals surface area (Å²) in [6.45, 7) is 4.35. The van der Waals surface area contributed by atoms with E-state index in [9.17, 15) is 0 Å². The van der Waals surface area contributed by atoms with Gasteiger partial charge in [-0.05, 0) is 37.7 Å². The Kier molecular flexibility index (Phi) is 4.44. The van der Waals surface area contributed by atoms with Crippen LogP contribution < -0.4 is 5.73 Å². The number of hydrogen-bond donors (Lipinski definition) is 1. The van der Waals surface area contributed by atoms with Crippen LogP contribution in [0.15, 0.2) is 6.07 Å². The first kappa shape index (κ1) is 13.6. The van der Waals surface area contributed by atoms with Crippen molar-refractivity contribution in [2.75, 3.05) is 0 Å². The highest BCUT2D eigenvalue weighted by molar-refractivity contribution is 5.10. The minimum Gasteiger partial charge on any atom is -0.327 e. The van der Waals surface area contributed by atoms with Crippen molar-refractivity contribution in [3.05, 3.63) is 17.5 Å². The predicted molar refractivity (Wildman–Crippen MR) is 75.4 cm³/mol. The van der Waals surface area contributed by atoms with E-state index in [0.29, 0.717) is 12.0 Å². The molecule has 2 rings (SSSR count). The number of nitrogens with two attached hydrogens (primary N) is 1. The second kappa shape index (κ2) is 5.87. The largest absolute Gasteiger partial charge is 0.327 e. The summed E-state index contributed by atoms with van der Waals surface area (Å²) in [4.78, 5) is 0. The molecule has 1 heterocycles. The van der Waals surface area contributed by atoms with E-state index in [-0.39, 0.29) is 0 Å². The predicted octanol–water partition coefficient (Wildman–Crippen LogP) is 2.81. The molecule has 1 fully saturated rings. The molecule has 1 aromatic rings. The van der Waals surface area contributed by atoms with Crippen molar-refractivity contribution in [3.8, 4) is 0 Å². The van der Waals surface area contributed by atoms with E-state index < -0.39 is 0 Å². The zero-order chi connectivity index (χ0) is 13.1. The van der Waals surface area contributed by atoms with Gasteiger partial charge in [-0.3, -0.25) is 4.68 Å². The lowest BCUT2D eigenvalue weighted by Crippen LogP contribution is -2.35. The molecule has 0 aromatic carbocycles. The van der Waals surface area contributed by atoms with Gasteiger partial charge in [0.2, 0.25) is 0 Å². The zero-order valence-electron chi connectivity index (χ0n) is 12.0. The van der Waals surface area contributed by atoms with Crippen LogP contribution in [0, 0.1) is 18.8 Å². The number of rotatable bonds is 4. The maximum atomic E-state index is 6.40. The van der Waals surface area contributed by atoms with Crippen LogP contribution in [0.4, 0.5) is 0 Å². The minimum absolute atomic E-state index is 0.303. The van der Waals surface area contributed by atoms with E-state index in [1.807, 2.05) is 18.7 Å². The zero-order valence-corrected chi connectivity index (χ0v) is 12.0. The van der Waals surface area contributed by atoms with Gasteiger partial charge in [0, 0.05) is 25.2 Å². The normalized spacial score (nSPS) is 26.2. The number of nitrogens with zero attached hydrogens (tertiary/aromatic N) is 2. The molecule has 1 atom stereocenters. The highest BCUT2D eigenvalue weighted by Gasteiger charge is 2.25. The second-order valence-corrected chi connectivity index (χ2v) is 5.96. The number of aromatic nitrogens is 2. The van der Waals surface area contributed by atoms with E-state index in [2.05, 4.69) is 18.1 Å². The lowest BCUT2D eigenvalue weighted by atomic mass is 9.77. The molecule has 0 bridgehead atoms. The summed E-state index contributed by atoms with van der Waals surface area (Å²) >= 11 is 0. The molecule has 1 saturated carbocycles. The maximum Gasteiger partial charge on any atom is 0.0596 e. The minimum atomic E-state index is 0.303. The molecule has 1 unspecified atom stereocenters. The Morgan fingerprint density at radius 2 is 2.06 bits per heavy atom. The van der Waals surface area contributed by atoms with E-state index in [4.69, 9.17) is 5.73 Å². The molecule has 18 heavy (non-hydrogen) atoms. The Hall–Kier alpha value is -0.830. The fourth-order valence-corrected chi connectivity index (χ4v) is 3.29. The number of hydrogen-bond acceptors (Lipinski definition) is 2. The molecule has 1 aliphatic rings.